The molecule has 8 nitrogen and oxygen atoms in total. The fraction of sp³-hybridized carbons (Fsp3) is 0.667. The Balaban J connectivity index is -0.00000128. The van der Waals surface area contributed by atoms with Crippen molar-refractivity contribution in [2.24, 2.45) is 27.9 Å². The van der Waals surface area contributed by atoms with Gasteiger partial charge in [0.05, 0.1) is 6.04 Å². The van der Waals surface area contributed by atoms with Crippen LogP contribution in [0.3, 0.4) is 0 Å². The van der Waals surface area contributed by atoms with E-state index in [9.17, 15) is 9.59 Å². The van der Waals surface area contributed by atoms with E-state index in [0.29, 0.717) is 19.4 Å². The van der Waals surface area contributed by atoms with Crippen LogP contribution in [0.25, 0.3) is 0 Å². The van der Waals surface area contributed by atoms with Crippen molar-refractivity contribution in [3.8, 4) is 0 Å². The van der Waals surface area contributed by atoms with Crippen molar-refractivity contribution in [3.05, 3.63) is 0 Å². The van der Waals surface area contributed by atoms with Gasteiger partial charge in [-0.3, -0.25) is 14.6 Å². The number of primary amides is 1. The number of aliphatic imine (C=N–C) groups is 1. The van der Waals surface area contributed by atoms with Gasteiger partial charge in [-0.25, -0.2) is 0 Å². The van der Waals surface area contributed by atoms with Crippen molar-refractivity contribution in [1.82, 2.24) is 5.32 Å². The van der Waals surface area contributed by atoms with Gasteiger partial charge in [-0.2, -0.15) is 0 Å². The van der Waals surface area contributed by atoms with Gasteiger partial charge in [-0.1, -0.05) is 0 Å². The summed E-state index contributed by atoms with van der Waals surface area (Å²) in [7, 11) is 0. The van der Waals surface area contributed by atoms with Crippen LogP contribution in [-0.2, 0) is 9.59 Å². The maximum Gasteiger partial charge on any atom is 0.239 e. The van der Waals surface area contributed by atoms with Gasteiger partial charge in [0.15, 0.2) is 5.96 Å². The molecule has 114 valence electrons. The quantitative estimate of drug-likeness (QED) is 0.212. The zero-order chi connectivity index (χ0) is 13.4. The van der Waals surface area contributed by atoms with E-state index in [2.05, 4.69) is 10.3 Å². The molecular formula is C9H22Cl2N6O2. The second-order valence-electron chi connectivity index (χ2n) is 3.69. The lowest BCUT2D eigenvalue weighted by Crippen LogP contribution is -2.49. The smallest absolute Gasteiger partial charge is 0.239 e. The van der Waals surface area contributed by atoms with E-state index >= 15 is 0 Å². The Morgan fingerprint density at radius 1 is 1.21 bits per heavy atom. The van der Waals surface area contributed by atoms with Crippen LogP contribution in [0.2, 0.25) is 0 Å². The summed E-state index contributed by atoms with van der Waals surface area (Å²) in [6, 6.07) is -1.43. The van der Waals surface area contributed by atoms with Crippen LogP contribution in [-0.4, -0.2) is 36.4 Å². The number of carbonyl (C=O) groups excluding carboxylic acids is 2. The minimum absolute atomic E-state index is 0. The Hall–Kier alpha value is -1.25. The van der Waals surface area contributed by atoms with Gasteiger partial charge in [0, 0.05) is 6.54 Å². The zero-order valence-corrected chi connectivity index (χ0v) is 12.3. The predicted octanol–water partition coefficient (Wildman–Crippen LogP) is -1.80. The largest absolute Gasteiger partial charge is 0.370 e. The number of amides is 2. The Morgan fingerprint density at radius 2 is 1.74 bits per heavy atom. The number of nitrogens with zero attached hydrogens (tertiary/aromatic N) is 1. The van der Waals surface area contributed by atoms with Gasteiger partial charge in [0.2, 0.25) is 11.8 Å². The molecule has 2 amide bonds. The monoisotopic (exact) mass is 316 g/mol. The molecular weight excluding hydrogens is 295 g/mol. The van der Waals surface area contributed by atoms with E-state index in [4.69, 9.17) is 22.9 Å². The number of rotatable bonds is 7. The first-order valence-corrected chi connectivity index (χ1v) is 5.25. The molecule has 10 heteroatoms. The first-order chi connectivity index (χ1) is 7.84. The summed E-state index contributed by atoms with van der Waals surface area (Å²) >= 11 is 0. The summed E-state index contributed by atoms with van der Waals surface area (Å²) in [6.07, 6.45) is 1.01. The molecule has 0 aliphatic heterocycles. The average Bonchev–Trinajstić information content (AvgIpc) is 2.23. The highest BCUT2D eigenvalue weighted by molar-refractivity contribution is 5.88. The summed E-state index contributed by atoms with van der Waals surface area (Å²) in [5.74, 6) is -1.02. The highest BCUT2D eigenvalue weighted by atomic mass is 35.5. The lowest BCUT2D eigenvalue weighted by atomic mass is 10.1. The molecule has 0 aromatic rings. The van der Waals surface area contributed by atoms with Gasteiger partial charge in [0.25, 0.3) is 0 Å². The normalized spacial score (nSPS) is 12.1. The maximum atomic E-state index is 11.5. The number of halogens is 2. The lowest BCUT2D eigenvalue weighted by Gasteiger charge is -2.14. The first-order valence-electron chi connectivity index (χ1n) is 5.25. The number of hydrogen-bond acceptors (Lipinski definition) is 4. The highest BCUT2D eigenvalue weighted by Crippen LogP contribution is 1.96. The molecule has 0 spiro atoms. The van der Waals surface area contributed by atoms with Crippen molar-refractivity contribution >= 4 is 42.6 Å². The Kier molecular flexibility index (Phi) is 14.2. The number of hydrogen-bond donors (Lipinski definition) is 5. The third-order valence-electron chi connectivity index (χ3n) is 2.09. The molecule has 0 aromatic carbocycles. The Labute approximate surface area is 124 Å². The molecule has 0 heterocycles. The number of carbonyl (C=O) groups is 2. The fourth-order valence-electron chi connectivity index (χ4n) is 1.04. The van der Waals surface area contributed by atoms with Gasteiger partial charge in [0.1, 0.15) is 6.04 Å². The summed E-state index contributed by atoms with van der Waals surface area (Å²) in [5.41, 5.74) is 20.9. The van der Waals surface area contributed by atoms with Gasteiger partial charge >= 0.3 is 0 Å². The van der Waals surface area contributed by atoms with E-state index < -0.39 is 23.9 Å². The average molecular weight is 317 g/mol. The Morgan fingerprint density at radius 3 is 2.16 bits per heavy atom. The van der Waals surface area contributed by atoms with Gasteiger partial charge in [-0.15, -0.1) is 24.8 Å². The number of nitrogens with two attached hydrogens (primary N) is 4. The maximum absolute atomic E-state index is 11.5. The predicted molar refractivity (Wildman–Crippen MR) is 79.2 cm³/mol. The van der Waals surface area contributed by atoms with Crippen molar-refractivity contribution in [2.75, 3.05) is 6.54 Å². The molecule has 0 aromatic heterocycles. The summed E-state index contributed by atoms with van der Waals surface area (Å²) in [6.45, 7) is 1.90. The molecule has 0 radical (unpaired) electrons. The summed E-state index contributed by atoms with van der Waals surface area (Å²) < 4.78 is 0. The Bertz CT molecular complexity index is 309. The van der Waals surface area contributed by atoms with Crippen molar-refractivity contribution in [2.45, 2.75) is 31.8 Å². The molecule has 0 bridgehead atoms. The standard InChI is InChI=1S/C9H20N6O2.2ClH/c1-5(7(11)16)15-8(17)6(10)3-2-4-14-9(12)13;;/h5-6H,2-4,10H2,1H3,(H2,11,16)(H,15,17)(H4,12,13,14);2*1H/t5-,6-;;/m0../s1. The van der Waals surface area contributed by atoms with Crippen molar-refractivity contribution < 1.29 is 9.59 Å². The summed E-state index contributed by atoms with van der Waals surface area (Å²) in [4.78, 5) is 25.9. The topological polar surface area (TPSA) is 163 Å². The highest BCUT2D eigenvalue weighted by Gasteiger charge is 2.17. The van der Waals surface area contributed by atoms with Crippen LogP contribution < -0.4 is 28.3 Å². The number of guanidine groups is 1. The van der Waals surface area contributed by atoms with Crippen LogP contribution in [0.5, 0.6) is 0 Å². The van der Waals surface area contributed by atoms with E-state index in [1.165, 1.54) is 6.92 Å². The van der Waals surface area contributed by atoms with E-state index in [1.807, 2.05) is 0 Å². The molecule has 19 heavy (non-hydrogen) atoms. The van der Waals surface area contributed by atoms with Crippen molar-refractivity contribution in [1.29, 1.82) is 0 Å². The van der Waals surface area contributed by atoms with E-state index in [1.54, 1.807) is 0 Å². The lowest BCUT2D eigenvalue weighted by molar-refractivity contribution is -0.127. The van der Waals surface area contributed by atoms with Gasteiger partial charge < -0.3 is 28.3 Å². The van der Waals surface area contributed by atoms with Crippen LogP contribution >= 0.6 is 24.8 Å². The van der Waals surface area contributed by atoms with E-state index in [-0.39, 0.29) is 30.8 Å². The molecule has 9 N–H and O–H groups in total. The first kappa shape index (κ1) is 22.9. The van der Waals surface area contributed by atoms with Crippen LogP contribution in [0, 0.1) is 0 Å². The molecule has 0 aliphatic carbocycles. The third-order valence-corrected chi connectivity index (χ3v) is 2.09. The van der Waals surface area contributed by atoms with Crippen LogP contribution in [0.4, 0.5) is 0 Å². The third kappa shape index (κ3) is 11.6. The van der Waals surface area contributed by atoms with Crippen LogP contribution in [0.15, 0.2) is 4.99 Å². The second kappa shape index (κ2) is 11.8. The molecule has 0 rings (SSSR count). The second-order valence-corrected chi connectivity index (χ2v) is 3.69. The minimum Gasteiger partial charge on any atom is -0.370 e. The molecule has 0 saturated carbocycles. The molecule has 0 fully saturated rings. The zero-order valence-electron chi connectivity index (χ0n) is 10.7. The van der Waals surface area contributed by atoms with Gasteiger partial charge in [-0.05, 0) is 19.8 Å². The number of nitrogens with one attached hydrogen (secondary N) is 1. The molecule has 0 aliphatic rings. The SMILES string of the molecule is C[C@H](NC(=O)[C@@H](N)CCCN=C(N)N)C(N)=O.Cl.Cl. The van der Waals surface area contributed by atoms with E-state index in [0.717, 1.165) is 0 Å². The fourth-order valence-corrected chi connectivity index (χ4v) is 1.04. The minimum atomic E-state index is -0.730. The molecule has 0 saturated heterocycles. The van der Waals surface area contributed by atoms with Crippen molar-refractivity contribution in [3.63, 3.8) is 0 Å². The summed E-state index contributed by atoms with van der Waals surface area (Å²) in [5, 5.41) is 2.41. The van der Waals surface area contributed by atoms with Crippen LogP contribution in [0.1, 0.15) is 19.8 Å². The molecule has 2 atom stereocenters. The molecule has 0 unspecified atom stereocenters.